The third-order valence-electron chi connectivity index (χ3n) is 6.78. The second-order valence-electron chi connectivity index (χ2n) is 7.87. The van der Waals surface area contributed by atoms with E-state index >= 15 is 0 Å². The van der Waals surface area contributed by atoms with Crippen LogP contribution in [0.25, 0.3) is 10.9 Å². The summed E-state index contributed by atoms with van der Waals surface area (Å²) in [5.74, 6) is -0.569. The molecule has 2 aromatic rings. The molecule has 0 radical (unpaired) electrons. The number of benzene rings is 1. The van der Waals surface area contributed by atoms with Crippen molar-refractivity contribution in [2.24, 2.45) is 5.92 Å². The van der Waals surface area contributed by atoms with Crippen LogP contribution < -0.4 is 0 Å². The van der Waals surface area contributed by atoms with E-state index in [0.29, 0.717) is 6.04 Å². The number of piperidine rings is 1. The molecule has 1 aromatic carbocycles. The Hall–Kier alpha value is -2.07. The molecule has 0 saturated carbocycles. The van der Waals surface area contributed by atoms with Gasteiger partial charge in [-0.15, -0.1) is 0 Å². The molecule has 4 nitrogen and oxygen atoms in total. The summed E-state index contributed by atoms with van der Waals surface area (Å²) >= 11 is 0. The van der Waals surface area contributed by atoms with Crippen LogP contribution in [0.2, 0.25) is 0 Å². The summed E-state index contributed by atoms with van der Waals surface area (Å²) in [6.45, 7) is 4.21. The number of aliphatic carboxylic acids is 1. The van der Waals surface area contributed by atoms with Crippen LogP contribution in [0.1, 0.15) is 36.7 Å². The topological polar surface area (TPSA) is 42.2 Å². The average Bonchev–Trinajstić information content (AvgIpc) is 2.90. The Kier molecular flexibility index (Phi) is 2.69. The molecule has 3 aliphatic rings. The highest BCUT2D eigenvalue weighted by atomic mass is 16.4. The molecule has 4 heteroatoms. The highest BCUT2D eigenvalue weighted by Crippen LogP contribution is 2.55. The number of allylic oxidation sites excluding steroid dienone is 1. The Morgan fingerprint density at radius 3 is 2.92 bits per heavy atom. The summed E-state index contributed by atoms with van der Waals surface area (Å²) in [6, 6.07) is 8.35. The number of likely N-dealkylation sites (N-methyl/N-ethyl adjacent to an activating group) is 1. The summed E-state index contributed by atoms with van der Waals surface area (Å²) in [4.78, 5) is 12.3. The van der Waals surface area contributed by atoms with Crippen molar-refractivity contribution in [1.82, 2.24) is 4.57 Å². The molecule has 24 heavy (non-hydrogen) atoms. The van der Waals surface area contributed by atoms with E-state index in [1.165, 1.54) is 22.2 Å². The molecule has 0 unspecified atom stereocenters. The molecule has 0 spiro atoms. The van der Waals surface area contributed by atoms with Crippen LogP contribution in [-0.4, -0.2) is 40.3 Å². The van der Waals surface area contributed by atoms with Crippen LogP contribution in [0.3, 0.4) is 0 Å². The zero-order valence-corrected chi connectivity index (χ0v) is 14.2. The lowest BCUT2D eigenvalue weighted by molar-refractivity contribution is -0.943. The van der Waals surface area contributed by atoms with E-state index in [2.05, 4.69) is 42.8 Å². The quantitative estimate of drug-likeness (QED) is 0.646. The monoisotopic (exact) mass is 323 g/mol. The predicted molar refractivity (Wildman–Crippen MR) is 92.8 cm³/mol. The number of nitrogens with zero attached hydrogens (tertiary/aromatic N) is 2. The number of aromatic nitrogens is 1. The number of carboxylic acid groups (broad SMARTS) is 1. The van der Waals surface area contributed by atoms with E-state index in [0.717, 1.165) is 35.9 Å². The van der Waals surface area contributed by atoms with Crippen LogP contribution in [0.4, 0.5) is 0 Å². The van der Waals surface area contributed by atoms with Crippen molar-refractivity contribution in [3.8, 4) is 0 Å². The molecule has 3 aliphatic heterocycles. The number of quaternary nitrogens is 1. The predicted octanol–water partition coefficient (Wildman–Crippen LogP) is 3.29. The van der Waals surface area contributed by atoms with E-state index in [1.54, 1.807) is 0 Å². The fourth-order valence-electron chi connectivity index (χ4n) is 5.68. The SMILES string of the molecule is C/C=C1/C[N@+]2(C)CCc3c4n(c5ccccc35)[C@@H](C(=O)O)[C@H]1C[C@@H]42. The molecule has 1 aromatic heterocycles. The fourth-order valence-corrected chi connectivity index (χ4v) is 5.68. The van der Waals surface area contributed by atoms with E-state index < -0.39 is 12.0 Å². The van der Waals surface area contributed by atoms with Crippen LogP contribution in [0, 0.1) is 5.92 Å². The molecule has 1 fully saturated rings. The number of rotatable bonds is 1. The first-order valence-corrected chi connectivity index (χ1v) is 8.89. The van der Waals surface area contributed by atoms with Crippen molar-refractivity contribution < 1.29 is 14.4 Å². The van der Waals surface area contributed by atoms with Gasteiger partial charge in [0.15, 0.2) is 0 Å². The molecule has 0 aliphatic carbocycles. The van der Waals surface area contributed by atoms with E-state index in [4.69, 9.17) is 0 Å². The zero-order valence-electron chi connectivity index (χ0n) is 14.2. The highest BCUT2D eigenvalue weighted by molar-refractivity contribution is 5.89. The van der Waals surface area contributed by atoms with Gasteiger partial charge in [0.25, 0.3) is 0 Å². The van der Waals surface area contributed by atoms with Crippen molar-refractivity contribution in [3.05, 3.63) is 47.2 Å². The van der Waals surface area contributed by atoms with Gasteiger partial charge in [-0.05, 0) is 24.1 Å². The Bertz CT molecular complexity index is 910. The Morgan fingerprint density at radius 2 is 2.17 bits per heavy atom. The fraction of sp³-hybridized carbons (Fsp3) is 0.450. The molecule has 5 rings (SSSR count). The van der Waals surface area contributed by atoms with Gasteiger partial charge in [-0.25, -0.2) is 4.79 Å². The van der Waals surface area contributed by atoms with Gasteiger partial charge < -0.3 is 14.2 Å². The van der Waals surface area contributed by atoms with Gasteiger partial charge in [-0.1, -0.05) is 24.3 Å². The molecule has 2 bridgehead atoms. The van der Waals surface area contributed by atoms with Crippen molar-refractivity contribution in [2.45, 2.75) is 31.8 Å². The summed E-state index contributed by atoms with van der Waals surface area (Å²) in [6.07, 6.45) is 4.19. The number of para-hydroxylation sites is 1. The third-order valence-corrected chi connectivity index (χ3v) is 6.78. The van der Waals surface area contributed by atoms with E-state index in [-0.39, 0.29) is 5.92 Å². The van der Waals surface area contributed by atoms with Crippen molar-refractivity contribution >= 4 is 16.9 Å². The minimum Gasteiger partial charge on any atom is -0.480 e. The van der Waals surface area contributed by atoms with Crippen LogP contribution in [0.15, 0.2) is 35.9 Å². The second-order valence-corrected chi connectivity index (χ2v) is 7.87. The molecule has 124 valence electrons. The molecular formula is C20H23N2O2+. The Labute approximate surface area is 141 Å². The lowest BCUT2D eigenvalue weighted by Gasteiger charge is -2.54. The van der Waals surface area contributed by atoms with Crippen LogP contribution in [-0.2, 0) is 11.2 Å². The summed E-state index contributed by atoms with van der Waals surface area (Å²) in [5, 5.41) is 11.3. The first kappa shape index (κ1) is 14.3. The van der Waals surface area contributed by atoms with Gasteiger partial charge in [0.1, 0.15) is 18.6 Å². The first-order valence-electron chi connectivity index (χ1n) is 8.89. The number of fused-ring (bicyclic) bond motifs is 4. The number of hydrogen-bond donors (Lipinski definition) is 1. The summed E-state index contributed by atoms with van der Waals surface area (Å²) < 4.78 is 3.22. The standard InChI is InChI=1S/C20H22N2O2/c1-3-12-11-22(2)9-8-14-13-6-4-5-7-16(13)21-18(14)17(22)10-15(12)19(21)20(23)24/h3-7,15,17,19H,8-11H2,1-2H3/p+1/b12-3-/t15-,17-,19+,22-/m0/s1. The molecule has 4 heterocycles. The van der Waals surface area contributed by atoms with Crippen LogP contribution in [0.5, 0.6) is 0 Å². The number of carboxylic acids is 1. The molecule has 0 amide bonds. The van der Waals surface area contributed by atoms with Crippen molar-refractivity contribution in [3.63, 3.8) is 0 Å². The molecule has 4 atom stereocenters. The third kappa shape index (κ3) is 1.55. The van der Waals surface area contributed by atoms with Gasteiger partial charge in [0, 0.05) is 29.7 Å². The smallest absolute Gasteiger partial charge is 0.327 e. The molecule has 1 saturated heterocycles. The van der Waals surface area contributed by atoms with Gasteiger partial charge in [0.2, 0.25) is 0 Å². The maximum absolute atomic E-state index is 12.3. The highest BCUT2D eigenvalue weighted by Gasteiger charge is 2.55. The van der Waals surface area contributed by atoms with Crippen molar-refractivity contribution in [1.29, 1.82) is 0 Å². The lowest BCUT2D eigenvalue weighted by atomic mass is 9.73. The number of hydrogen-bond acceptors (Lipinski definition) is 1. The first-order chi connectivity index (χ1) is 11.5. The average molecular weight is 323 g/mol. The Balaban J connectivity index is 1.91. The largest absolute Gasteiger partial charge is 0.480 e. The molecule has 1 N–H and O–H groups in total. The van der Waals surface area contributed by atoms with E-state index in [1.807, 2.05) is 6.07 Å². The lowest BCUT2D eigenvalue weighted by Crippen LogP contribution is -2.59. The van der Waals surface area contributed by atoms with Crippen molar-refractivity contribution in [2.75, 3.05) is 20.1 Å². The van der Waals surface area contributed by atoms with Gasteiger partial charge in [-0.3, -0.25) is 0 Å². The maximum Gasteiger partial charge on any atom is 0.327 e. The number of carbonyl (C=O) groups is 1. The molecular weight excluding hydrogens is 300 g/mol. The maximum atomic E-state index is 12.3. The minimum absolute atomic E-state index is 0.123. The van der Waals surface area contributed by atoms with Gasteiger partial charge >= 0.3 is 5.97 Å². The van der Waals surface area contributed by atoms with Crippen LogP contribution >= 0.6 is 0 Å². The summed E-state index contributed by atoms with van der Waals surface area (Å²) in [5.41, 5.74) is 5.15. The van der Waals surface area contributed by atoms with Gasteiger partial charge in [0.05, 0.1) is 19.3 Å². The van der Waals surface area contributed by atoms with E-state index in [9.17, 15) is 9.90 Å². The normalized spacial score (nSPS) is 35.4. The second kappa shape index (κ2) is 4.51. The van der Waals surface area contributed by atoms with Gasteiger partial charge in [-0.2, -0.15) is 0 Å². The Morgan fingerprint density at radius 1 is 1.38 bits per heavy atom. The minimum atomic E-state index is -0.692. The summed E-state index contributed by atoms with van der Waals surface area (Å²) in [7, 11) is 2.36. The zero-order chi connectivity index (χ0) is 16.6.